The van der Waals surface area contributed by atoms with Crippen molar-refractivity contribution in [3.05, 3.63) is 12.7 Å². The van der Waals surface area contributed by atoms with Crippen LogP contribution in [0, 0.1) is 28.6 Å². The van der Waals surface area contributed by atoms with E-state index in [1.54, 1.807) is 6.08 Å². The molecule has 0 amide bonds. The number of hydrogen-bond acceptors (Lipinski definition) is 3. The summed E-state index contributed by atoms with van der Waals surface area (Å²) in [7, 11) is 0. The number of rotatable bonds is 1. The predicted molar refractivity (Wildman–Crippen MR) is 86.1 cm³/mol. The fourth-order valence-electron chi connectivity index (χ4n) is 5.76. The van der Waals surface area contributed by atoms with Gasteiger partial charge in [-0.1, -0.05) is 33.3 Å². The molecule has 0 spiro atoms. The summed E-state index contributed by atoms with van der Waals surface area (Å²) < 4.78 is 5.87. The Morgan fingerprint density at radius 1 is 1.27 bits per heavy atom. The number of carbonyl (C=O) groups excluding carboxylic acids is 1. The van der Waals surface area contributed by atoms with Crippen LogP contribution in [0.3, 0.4) is 0 Å². The van der Waals surface area contributed by atoms with Crippen molar-refractivity contribution in [3.63, 3.8) is 0 Å². The Morgan fingerprint density at radius 2 is 2.00 bits per heavy atom. The molecule has 1 N–H and O–H groups in total. The number of Topliss-reactive ketones (excluding diaryl/α,β-unsaturated/α-hetero) is 1. The van der Waals surface area contributed by atoms with Gasteiger partial charge in [0.25, 0.3) is 0 Å². The molecule has 3 aliphatic rings. The van der Waals surface area contributed by atoms with Gasteiger partial charge in [-0.2, -0.15) is 0 Å². The van der Waals surface area contributed by atoms with Gasteiger partial charge in [0.1, 0.15) is 6.10 Å². The van der Waals surface area contributed by atoms with Gasteiger partial charge in [0.15, 0.2) is 12.1 Å². The Labute approximate surface area is 134 Å². The van der Waals surface area contributed by atoms with Gasteiger partial charge < -0.3 is 9.84 Å². The smallest absolute Gasteiger partial charge is 0.168 e. The van der Waals surface area contributed by atoms with E-state index in [-0.39, 0.29) is 28.4 Å². The van der Waals surface area contributed by atoms with Gasteiger partial charge in [-0.25, -0.2) is 0 Å². The summed E-state index contributed by atoms with van der Waals surface area (Å²) in [6.45, 7) is 10.8. The molecule has 124 valence electrons. The Bertz CT molecular complexity index is 469. The number of fused-ring (bicyclic) bond motifs is 3. The monoisotopic (exact) mass is 306 g/mol. The van der Waals surface area contributed by atoms with Crippen LogP contribution in [0.15, 0.2) is 12.7 Å². The lowest BCUT2D eigenvalue weighted by Crippen LogP contribution is -2.52. The molecule has 3 nitrogen and oxygen atoms in total. The van der Waals surface area contributed by atoms with Crippen LogP contribution in [0.25, 0.3) is 0 Å². The van der Waals surface area contributed by atoms with E-state index in [0.717, 1.165) is 19.3 Å². The van der Waals surface area contributed by atoms with E-state index in [1.807, 2.05) is 0 Å². The lowest BCUT2D eigenvalue weighted by atomic mass is 9.49. The van der Waals surface area contributed by atoms with Crippen molar-refractivity contribution in [1.29, 1.82) is 0 Å². The second-order valence-corrected chi connectivity index (χ2v) is 8.58. The molecule has 1 heterocycles. The van der Waals surface area contributed by atoms with Crippen molar-refractivity contribution in [2.24, 2.45) is 28.6 Å². The molecule has 3 heteroatoms. The number of hydrogen-bond donors (Lipinski definition) is 1. The minimum Gasteiger partial charge on any atom is -0.368 e. The van der Waals surface area contributed by atoms with Gasteiger partial charge in [0.05, 0.1) is 0 Å². The third-order valence-corrected chi connectivity index (χ3v) is 6.95. The van der Waals surface area contributed by atoms with E-state index in [1.165, 1.54) is 12.8 Å². The molecule has 0 aromatic carbocycles. The van der Waals surface area contributed by atoms with Gasteiger partial charge in [0, 0.05) is 12.3 Å². The molecular formula is C19H30O3. The molecule has 0 radical (unpaired) electrons. The van der Waals surface area contributed by atoms with Crippen LogP contribution in [-0.4, -0.2) is 23.3 Å². The Hall–Kier alpha value is -0.670. The van der Waals surface area contributed by atoms with Gasteiger partial charge in [-0.3, -0.25) is 4.79 Å². The zero-order valence-electron chi connectivity index (χ0n) is 14.2. The second kappa shape index (κ2) is 5.45. The average Bonchev–Trinajstić information content (AvgIpc) is 2.56. The third-order valence-electron chi connectivity index (χ3n) is 6.95. The third kappa shape index (κ3) is 2.37. The first-order valence-corrected chi connectivity index (χ1v) is 8.79. The SMILES string of the molecule is C=CC1CCC2[C@@H](O[C@@H](O)CC3C(C)(C)CCC[C@]23C)C1=O. The molecule has 2 aliphatic carbocycles. The van der Waals surface area contributed by atoms with Crippen molar-refractivity contribution >= 4 is 5.78 Å². The first kappa shape index (κ1) is 16.2. The predicted octanol–water partition coefficient (Wildman–Crippen LogP) is 3.71. The number of allylic oxidation sites excluding steroid dienone is 1. The highest BCUT2D eigenvalue weighted by atomic mass is 16.6. The van der Waals surface area contributed by atoms with Crippen LogP contribution in [0.5, 0.6) is 0 Å². The van der Waals surface area contributed by atoms with E-state index >= 15 is 0 Å². The number of carbonyl (C=O) groups is 1. The Balaban J connectivity index is 2.00. The van der Waals surface area contributed by atoms with E-state index in [4.69, 9.17) is 4.74 Å². The second-order valence-electron chi connectivity index (χ2n) is 8.58. The highest BCUT2D eigenvalue weighted by molar-refractivity contribution is 5.88. The van der Waals surface area contributed by atoms with Crippen molar-refractivity contribution in [2.75, 3.05) is 0 Å². The molecule has 3 unspecified atom stereocenters. The number of ether oxygens (including phenoxy) is 1. The zero-order chi connectivity index (χ0) is 16.1. The van der Waals surface area contributed by atoms with Crippen molar-refractivity contribution in [1.82, 2.24) is 0 Å². The largest absolute Gasteiger partial charge is 0.368 e. The summed E-state index contributed by atoms with van der Waals surface area (Å²) in [5.74, 6) is 0.672. The first-order chi connectivity index (χ1) is 10.3. The molecule has 0 aromatic heterocycles. The molecule has 0 aromatic rings. The lowest BCUT2D eigenvalue weighted by Gasteiger charge is -2.55. The van der Waals surface area contributed by atoms with Crippen LogP contribution >= 0.6 is 0 Å². The lowest BCUT2D eigenvalue weighted by molar-refractivity contribution is -0.174. The van der Waals surface area contributed by atoms with E-state index in [2.05, 4.69) is 27.4 Å². The molecule has 1 aliphatic heterocycles. The normalized spacial score (nSPS) is 48.0. The van der Waals surface area contributed by atoms with Crippen LogP contribution in [-0.2, 0) is 9.53 Å². The van der Waals surface area contributed by atoms with Crippen molar-refractivity contribution in [3.8, 4) is 0 Å². The maximum atomic E-state index is 12.8. The van der Waals surface area contributed by atoms with E-state index in [9.17, 15) is 9.90 Å². The standard InChI is InChI=1S/C19H30O3/c1-5-12-7-8-13-17(16(12)21)22-15(20)11-14-18(2,3)9-6-10-19(13,14)4/h5,12-15,17,20H,1,6-11H2,2-4H3/t12?,13?,14?,15-,17-,19-/m1/s1. The quantitative estimate of drug-likeness (QED) is 0.751. The molecule has 22 heavy (non-hydrogen) atoms. The summed E-state index contributed by atoms with van der Waals surface area (Å²) >= 11 is 0. The zero-order valence-corrected chi connectivity index (χ0v) is 14.2. The molecule has 6 atom stereocenters. The molecule has 0 bridgehead atoms. The molecule has 1 saturated heterocycles. The van der Waals surface area contributed by atoms with Crippen LogP contribution < -0.4 is 0 Å². The van der Waals surface area contributed by atoms with Gasteiger partial charge in [-0.15, -0.1) is 6.58 Å². The Morgan fingerprint density at radius 3 is 2.68 bits per heavy atom. The van der Waals surface area contributed by atoms with Gasteiger partial charge in [0.2, 0.25) is 0 Å². The van der Waals surface area contributed by atoms with E-state index < -0.39 is 12.4 Å². The maximum absolute atomic E-state index is 12.8. The summed E-state index contributed by atoms with van der Waals surface area (Å²) in [6, 6.07) is 0. The summed E-state index contributed by atoms with van der Waals surface area (Å²) in [4.78, 5) is 12.8. The minimum atomic E-state index is -0.816. The Kier molecular flexibility index (Phi) is 4.01. The maximum Gasteiger partial charge on any atom is 0.168 e. The summed E-state index contributed by atoms with van der Waals surface area (Å²) in [6.07, 6.45) is 6.57. The van der Waals surface area contributed by atoms with Crippen LogP contribution in [0.1, 0.15) is 59.3 Å². The highest BCUT2D eigenvalue weighted by Crippen LogP contribution is 2.60. The van der Waals surface area contributed by atoms with Gasteiger partial charge >= 0.3 is 0 Å². The van der Waals surface area contributed by atoms with Crippen molar-refractivity contribution in [2.45, 2.75) is 71.7 Å². The fourth-order valence-corrected chi connectivity index (χ4v) is 5.76. The molecular weight excluding hydrogens is 276 g/mol. The number of aliphatic hydroxyl groups excluding tert-OH is 1. The van der Waals surface area contributed by atoms with Crippen LogP contribution in [0.4, 0.5) is 0 Å². The van der Waals surface area contributed by atoms with Crippen molar-refractivity contribution < 1.29 is 14.6 Å². The highest BCUT2D eigenvalue weighted by Gasteiger charge is 2.57. The molecule has 2 saturated carbocycles. The summed E-state index contributed by atoms with van der Waals surface area (Å²) in [5, 5.41) is 10.4. The minimum absolute atomic E-state index is 0.0890. The molecule has 3 rings (SSSR count). The van der Waals surface area contributed by atoms with E-state index in [0.29, 0.717) is 12.3 Å². The summed E-state index contributed by atoms with van der Waals surface area (Å²) in [5.41, 5.74) is 0.288. The number of aliphatic hydroxyl groups is 1. The fraction of sp³-hybridized carbons (Fsp3) is 0.842. The van der Waals surface area contributed by atoms with Crippen LogP contribution in [0.2, 0.25) is 0 Å². The molecule has 3 fully saturated rings. The first-order valence-electron chi connectivity index (χ1n) is 8.79. The number of ketones is 1. The average molecular weight is 306 g/mol. The topological polar surface area (TPSA) is 46.5 Å². The van der Waals surface area contributed by atoms with Gasteiger partial charge in [-0.05, 0) is 48.3 Å².